The first-order valence-electron chi connectivity index (χ1n) is 5.87. The number of hydrogen-bond donors (Lipinski definition) is 2. The summed E-state index contributed by atoms with van der Waals surface area (Å²) in [6, 6.07) is 0. The second kappa shape index (κ2) is 8.50. The van der Waals surface area contributed by atoms with Crippen LogP contribution in [0, 0.1) is 5.92 Å². The van der Waals surface area contributed by atoms with Crippen LogP contribution in [0.25, 0.3) is 0 Å². The predicted molar refractivity (Wildman–Crippen MR) is 61.3 cm³/mol. The van der Waals surface area contributed by atoms with E-state index in [0.29, 0.717) is 13.2 Å². The average molecular weight is 230 g/mol. The van der Waals surface area contributed by atoms with Gasteiger partial charge in [-0.05, 0) is 31.8 Å². The van der Waals surface area contributed by atoms with Gasteiger partial charge in [-0.15, -0.1) is 0 Å². The van der Waals surface area contributed by atoms with Gasteiger partial charge in [-0.2, -0.15) is 0 Å². The Morgan fingerprint density at radius 2 is 2.38 bits per heavy atom. The lowest BCUT2D eigenvalue weighted by molar-refractivity contribution is -0.126. The molecule has 2 N–H and O–H groups in total. The van der Waals surface area contributed by atoms with Crippen LogP contribution in [-0.2, 0) is 14.3 Å². The van der Waals surface area contributed by atoms with Crippen LogP contribution in [-0.4, -0.2) is 52.5 Å². The Labute approximate surface area is 96.9 Å². The molecule has 1 unspecified atom stereocenters. The van der Waals surface area contributed by atoms with E-state index >= 15 is 0 Å². The second-order valence-electron chi connectivity index (χ2n) is 4.04. The van der Waals surface area contributed by atoms with Crippen molar-refractivity contribution in [1.82, 2.24) is 10.6 Å². The van der Waals surface area contributed by atoms with Crippen molar-refractivity contribution < 1.29 is 14.3 Å². The molecule has 16 heavy (non-hydrogen) atoms. The summed E-state index contributed by atoms with van der Waals surface area (Å²) in [6.07, 6.45) is 2.27. The van der Waals surface area contributed by atoms with Crippen molar-refractivity contribution in [2.45, 2.75) is 12.8 Å². The minimum absolute atomic E-state index is 0.0398. The Bertz CT molecular complexity index is 194. The van der Waals surface area contributed by atoms with Gasteiger partial charge in [0, 0.05) is 13.7 Å². The standard InChI is InChI=1S/C11H22N2O3/c1-15-6-7-16-9-11(14)13-5-3-10-2-4-12-8-10/h10,12H,2-9H2,1H3,(H,13,14). The zero-order valence-corrected chi connectivity index (χ0v) is 9.96. The van der Waals surface area contributed by atoms with E-state index in [2.05, 4.69) is 10.6 Å². The number of carbonyl (C=O) groups excluding carboxylic acids is 1. The van der Waals surface area contributed by atoms with Gasteiger partial charge in [0.1, 0.15) is 6.61 Å². The fourth-order valence-electron chi connectivity index (χ4n) is 1.73. The molecule has 0 radical (unpaired) electrons. The van der Waals surface area contributed by atoms with Crippen LogP contribution in [0.15, 0.2) is 0 Å². The van der Waals surface area contributed by atoms with Crippen molar-refractivity contribution in [1.29, 1.82) is 0 Å². The summed E-state index contributed by atoms with van der Waals surface area (Å²) < 4.78 is 9.92. The molecule has 0 aromatic rings. The summed E-state index contributed by atoms with van der Waals surface area (Å²) in [4.78, 5) is 11.3. The summed E-state index contributed by atoms with van der Waals surface area (Å²) in [5, 5.41) is 6.16. The average Bonchev–Trinajstić information content (AvgIpc) is 2.77. The van der Waals surface area contributed by atoms with Gasteiger partial charge in [0.2, 0.25) is 5.91 Å². The van der Waals surface area contributed by atoms with Gasteiger partial charge in [-0.1, -0.05) is 0 Å². The van der Waals surface area contributed by atoms with Gasteiger partial charge in [0.25, 0.3) is 0 Å². The maximum Gasteiger partial charge on any atom is 0.245 e. The molecule has 5 nitrogen and oxygen atoms in total. The van der Waals surface area contributed by atoms with E-state index in [-0.39, 0.29) is 12.5 Å². The molecule has 0 aromatic heterocycles. The summed E-state index contributed by atoms with van der Waals surface area (Å²) in [5.41, 5.74) is 0. The Hall–Kier alpha value is -0.650. The molecule has 0 aromatic carbocycles. The van der Waals surface area contributed by atoms with Crippen molar-refractivity contribution in [3.63, 3.8) is 0 Å². The number of carbonyl (C=O) groups is 1. The highest BCUT2D eigenvalue weighted by atomic mass is 16.5. The number of ether oxygens (including phenoxy) is 2. The van der Waals surface area contributed by atoms with E-state index in [9.17, 15) is 4.79 Å². The van der Waals surface area contributed by atoms with Crippen LogP contribution in [0.4, 0.5) is 0 Å². The molecule has 1 aliphatic rings. The van der Waals surface area contributed by atoms with E-state index in [1.54, 1.807) is 7.11 Å². The molecule has 1 atom stereocenters. The lowest BCUT2D eigenvalue weighted by atomic mass is 10.1. The predicted octanol–water partition coefficient (Wildman–Crippen LogP) is -0.235. The van der Waals surface area contributed by atoms with Gasteiger partial charge in [-0.25, -0.2) is 0 Å². The van der Waals surface area contributed by atoms with E-state index in [1.807, 2.05) is 0 Å². The molecule has 0 spiro atoms. The third kappa shape index (κ3) is 6.05. The van der Waals surface area contributed by atoms with E-state index in [1.165, 1.54) is 6.42 Å². The van der Waals surface area contributed by atoms with Crippen LogP contribution in [0.1, 0.15) is 12.8 Å². The van der Waals surface area contributed by atoms with Gasteiger partial charge >= 0.3 is 0 Å². The maximum atomic E-state index is 11.3. The molecule has 94 valence electrons. The van der Waals surface area contributed by atoms with Crippen molar-refractivity contribution in [3.8, 4) is 0 Å². The van der Waals surface area contributed by atoms with Crippen LogP contribution in [0.5, 0.6) is 0 Å². The monoisotopic (exact) mass is 230 g/mol. The molecular weight excluding hydrogens is 208 g/mol. The van der Waals surface area contributed by atoms with Crippen LogP contribution in [0.3, 0.4) is 0 Å². The van der Waals surface area contributed by atoms with Crippen molar-refractivity contribution in [2.24, 2.45) is 5.92 Å². The largest absolute Gasteiger partial charge is 0.382 e. The van der Waals surface area contributed by atoms with Crippen molar-refractivity contribution in [3.05, 3.63) is 0 Å². The third-order valence-corrected chi connectivity index (χ3v) is 2.70. The molecule has 1 heterocycles. The normalized spacial score (nSPS) is 19.9. The van der Waals surface area contributed by atoms with Gasteiger partial charge in [0.15, 0.2) is 0 Å². The van der Waals surface area contributed by atoms with Crippen LogP contribution in [0.2, 0.25) is 0 Å². The second-order valence-corrected chi connectivity index (χ2v) is 4.04. The first kappa shape index (κ1) is 13.4. The SMILES string of the molecule is COCCOCC(=O)NCCC1CCNC1. The highest BCUT2D eigenvalue weighted by molar-refractivity contribution is 5.77. The zero-order valence-electron chi connectivity index (χ0n) is 9.96. The van der Waals surface area contributed by atoms with E-state index in [0.717, 1.165) is 32.0 Å². The third-order valence-electron chi connectivity index (χ3n) is 2.70. The van der Waals surface area contributed by atoms with Crippen LogP contribution >= 0.6 is 0 Å². The molecule has 1 saturated heterocycles. The molecule has 1 amide bonds. The molecule has 0 aliphatic carbocycles. The lowest BCUT2D eigenvalue weighted by Gasteiger charge is -2.09. The number of methoxy groups -OCH3 is 1. The fourth-order valence-corrected chi connectivity index (χ4v) is 1.73. The van der Waals surface area contributed by atoms with E-state index in [4.69, 9.17) is 9.47 Å². The van der Waals surface area contributed by atoms with Gasteiger partial charge < -0.3 is 20.1 Å². The molecular formula is C11H22N2O3. The summed E-state index contributed by atoms with van der Waals surface area (Å²) in [5.74, 6) is 0.678. The maximum absolute atomic E-state index is 11.3. The highest BCUT2D eigenvalue weighted by Gasteiger charge is 2.13. The zero-order chi connectivity index (χ0) is 11.6. The Balaban J connectivity index is 1.89. The van der Waals surface area contributed by atoms with Gasteiger partial charge in [-0.3, -0.25) is 4.79 Å². The number of nitrogens with one attached hydrogen (secondary N) is 2. The minimum Gasteiger partial charge on any atom is -0.382 e. The molecule has 0 saturated carbocycles. The van der Waals surface area contributed by atoms with Crippen molar-refractivity contribution >= 4 is 5.91 Å². The van der Waals surface area contributed by atoms with Gasteiger partial charge in [0.05, 0.1) is 13.2 Å². The Morgan fingerprint density at radius 1 is 1.50 bits per heavy atom. The van der Waals surface area contributed by atoms with Crippen LogP contribution < -0.4 is 10.6 Å². The molecule has 1 fully saturated rings. The number of amides is 1. The summed E-state index contributed by atoms with van der Waals surface area (Å²) >= 11 is 0. The Morgan fingerprint density at radius 3 is 3.06 bits per heavy atom. The molecule has 1 rings (SSSR count). The summed E-state index contributed by atoms with van der Waals surface area (Å²) in [7, 11) is 1.61. The number of hydrogen-bond acceptors (Lipinski definition) is 4. The lowest BCUT2D eigenvalue weighted by Crippen LogP contribution is -2.30. The molecule has 5 heteroatoms. The highest BCUT2D eigenvalue weighted by Crippen LogP contribution is 2.10. The van der Waals surface area contributed by atoms with E-state index < -0.39 is 0 Å². The summed E-state index contributed by atoms with van der Waals surface area (Å²) in [6.45, 7) is 4.07. The smallest absolute Gasteiger partial charge is 0.245 e. The molecule has 0 bridgehead atoms. The minimum atomic E-state index is -0.0398. The first-order valence-corrected chi connectivity index (χ1v) is 5.87. The Kier molecular flexibility index (Phi) is 7.12. The molecule has 1 aliphatic heterocycles. The number of rotatable bonds is 8. The quantitative estimate of drug-likeness (QED) is 0.565. The van der Waals surface area contributed by atoms with Crippen molar-refractivity contribution in [2.75, 3.05) is 46.6 Å². The topological polar surface area (TPSA) is 59.6 Å². The fraction of sp³-hybridized carbons (Fsp3) is 0.909. The first-order chi connectivity index (χ1) is 7.83.